The Morgan fingerprint density at radius 3 is 2.82 bits per heavy atom. The summed E-state index contributed by atoms with van der Waals surface area (Å²) in [5, 5.41) is 12.8. The van der Waals surface area contributed by atoms with Crippen LogP contribution in [-0.4, -0.2) is 25.4 Å². The molecule has 0 bridgehead atoms. The molecular formula is C22H25F2NO3. The molecule has 0 aromatic heterocycles. The predicted molar refractivity (Wildman–Crippen MR) is 105 cm³/mol. The summed E-state index contributed by atoms with van der Waals surface area (Å²) in [7, 11) is 1.60. The Morgan fingerprint density at radius 1 is 1.25 bits per heavy atom. The minimum atomic E-state index is -0.976. The number of hydrogen-bond donors (Lipinski definition) is 2. The van der Waals surface area contributed by atoms with E-state index in [-0.39, 0.29) is 11.6 Å². The van der Waals surface area contributed by atoms with Crippen molar-refractivity contribution in [3.63, 3.8) is 0 Å². The molecule has 1 atom stereocenters. The number of fused-ring (bicyclic) bond motifs is 1. The van der Waals surface area contributed by atoms with E-state index >= 15 is 0 Å². The molecule has 1 aliphatic rings. The Hall–Kier alpha value is -2.60. The number of nitrogens with one attached hydrogen (secondary N) is 1. The molecule has 2 aromatic rings. The van der Waals surface area contributed by atoms with Crippen LogP contribution in [0.4, 0.5) is 8.78 Å². The molecule has 0 radical (unpaired) electrons. The lowest BCUT2D eigenvalue weighted by atomic mass is 9.93. The first-order chi connectivity index (χ1) is 13.5. The summed E-state index contributed by atoms with van der Waals surface area (Å²) < 4.78 is 38.6. The van der Waals surface area contributed by atoms with E-state index in [9.17, 15) is 13.9 Å². The van der Waals surface area contributed by atoms with Gasteiger partial charge in [0.15, 0.2) is 28.9 Å². The maximum Gasteiger partial charge on any atom is 0.188 e. The molecule has 2 aromatic carbocycles. The molecule has 1 heterocycles. The first-order valence-electron chi connectivity index (χ1n) is 9.47. The Labute approximate surface area is 163 Å². The number of hydrogen-bond acceptors (Lipinski definition) is 4. The highest BCUT2D eigenvalue weighted by molar-refractivity contribution is 5.56. The van der Waals surface area contributed by atoms with Gasteiger partial charge in [-0.05, 0) is 48.2 Å². The van der Waals surface area contributed by atoms with E-state index in [1.807, 2.05) is 12.1 Å². The number of methoxy groups -OCH3 is 1. The maximum atomic E-state index is 14.0. The van der Waals surface area contributed by atoms with Gasteiger partial charge in [-0.3, -0.25) is 0 Å². The molecule has 28 heavy (non-hydrogen) atoms. The van der Waals surface area contributed by atoms with Crippen molar-refractivity contribution < 1.29 is 23.4 Å². The molecule has 3 rings (SSSR count). The first kappa shape index (κ1) is 20.1. The minimum Gasteiger partial charge on any atom is -0.503 e. The monoisotopic (exact) mass is 389 g/mol. The number of phenolic OH excluding ortho intramolecular Hbond substituents is 1. The van der Waals surface area contributed by atoms with Crippen LogP contribution in [0.5, 0.6) is 17.2 Å². The Balaban J connectivity index is 1.87. The van der Waals surface area contributed by atoms with Gasteiger partial charge in [0.1, 0.15) is 0 Å². The zero-order valence-corrected chi connectivity index (χ0v) is 16.1. The van der Waals surface area contributed by atoms with Gasteiger partial charge in [-0.25, -0.2) is 8.78 Å². The highest BCUT2D eigenvalue weighted by Gasteiger charge is 2.21. The SMILES string of the molecule is CCCCOc1cc2c(cc1OC)C(/C=C/c1ccc(F)c(O)c1F)NCC2. The second-order valence-corrected chi connectivity index (χ2v) is 6.74. The maximum absolute atomic E-state index is 14.0. The molecule has 2 N–H and O–H groups in total. The van der Waals surface area contributed by atoms with Crippen molar-refractivity contribution in [2.75, 3.05) is 20.3 Å². The van der Waals surface area contributed by atoms with Gasteiger partial charge < -0.3 is 19.9 Å². The fourth-order valence-corrected chi connectivity index (χ4v) is 3.25. The Morgan fingerprint density at radius 2 is 2.07 bits per heavy atom. The third-order valence-corrected chi connectivity index (χ3v) is 4.84. The molecule has 0 spiro atoms. The number of benzene rings is 2. The summed E-state index contributed by atoms with van der Waals surface area (Å²) in [5.74, 6) is -1.52. The van der Waals surface area contributed by atoms with E-state index in [1.165, 1.54) is 6.07 Å². The minimum absolute atomic E-state index is 0.124. The molecule has 1 aliphatic heterocycles. The molecule has 0 amide bonds. The standard InChI is InChI=1S/C22H25F2NO3/c1-3-4-11-28-20-12-15-9-10-25-18(16(15)13-19(20)27-2)8-6-14-5-7-17(23)22(26)21(14)24/h5-8,12-13,18,25-26H,3-4,9-11H2,1-2H3/b8-6+. The largest absolute Gasteiger partial charge is 0.503 e. The van der Waals surface area contributed by atoms with Crippen LogP contribution in [0.15, 0.2) is 30.3 Å². The number of ether oxygens (including phenoxy) is 2. The van der Waals surface area contributed by atoms with Gasteiger partial charge in [-0.15, -0.1) is 0 Å². The molecule has 4 nitrogen and oxygen atoms in total. The highest BCUT2D eigenvalue weighted by Crippen LogP contribution is 2.36. The van der Waals surface area contributed by atoms with Crippen molar-refractivity contribution in [3.8, 4) is 17.2 Å². The van der Waals surface area contributed by atoms with E-state index in [4.69, 9.17) is 9.47 Å². The van der Waals surface area contributed by atoms with Crippen LogP contribution < -0.4 is 14.8 Å². The zero-order chi connectivity index (χ0) is 20.1. The van der Waals surface area contributed by atoms with Crippen molar-refractivity contribution in [2.24, 2.45) is 0 Å². The van der Waals surface area contributed by atoms with E-state index in [1.54, 1.807) is 19.3 Å². The second kappa shape index (κ2) is 9.06. The third-order valence-electron chi connectivity index (χ3n) is 4.84. The smallest absolute Gasteiger partial charge is 0.188 e. The van der Waals surface area contributed by atoms with E-state index in [0.29, 0.717) is 12.4 Å². The van der Waals surface area contributed by atoms with Gasteiger partial charge in [-0.1, -0.05) is 25.5 Å². The zero-order valence-electron chi connectivity index (χ0n) is 16.1. The van der Waals surface area contributed by atoms with Gasteiger partial charge >= 0.3 is 0 Å². The average molecular weight is 389 g/mol. The fourth-order valence-electron chi connectivity index (χ4n) is 3.25. The summed E-state index contributed by atoms with van der Waals surface area (Å²) >= 11 is 0. The summed E-state index contributed by atoms with van der Waals surface area (Å²) in [5.41, 5.74) is 2.29. The molecule has 1 unspecified atom stereocenters. The van der Waals surface area contributed by atoms with Crippen molar-refractivity contribution in [1.82, 2.24) is 5.32 Å². The van der Waals surface area contributed by atoms with Crippen LogP contribution in [-0.2, 0) is 6.42 Å². The quantitative estimate of drug-likeness (QED) is 0.671. The van der Waals surface area contributed by atoms with E-state index in [2.05, 4.69) is 12.2 Å². The summed E-state index contributed by atoms with van der Waals surface area (Å²) in [6.45, 7) is 3.51. The van der Waals surface area contributed by atoms with Crippen molar-refractivity contribution in [3.05, 3.63) is 58.7 Å². The fraction of sp³-hybridized carbons (Fsp3) is 0.364. The normalized spacial score (nSPS) is 16.2. The molecule has 0 saturated heterocycles. The van der Waals surface area contributed by atoms with Gasteiger partial charge in [-0.2, -0.15) is 0 Å². The van der Waals surface area contributed by atoms with Crippen molar-refractivity contribution >= 4 is 6.08 Å². The summed E-state index contributed by atoms with van der Waals surface area (Å²) in [4.78, 5) is 0. The molecule has 0 saturated carbocycles. The average Bonchev–Trinajstić information content (AvgIpc) is 2.71. The van der Waals surface area contributed by atoms with Crippen LogP contribution in [0, 0.1) is 11.6 Å². The van der Waals surface area contributed by atoms with Gasteiger partial charge in [0, 0.05) is 12.1 Å². The van der Waals surface area contributed by atoms with Crippen molar-refractivity contribution in [1.29, 1.82) is 0 Å². The van der Waals surface area contributed by atoms with E-state index < -0.39 is 17.4 Å². The molecule has 150 valence electrons. The lowest BCUT2D eigenvalue weighted by Gasteiger charge is -2.26. The van der Waals surface area contributed by atoms with E-state index in [0.717, 1.165) is 48.8 Å². The number of phenols is 1. The predicted octanol–water partition coefficient (Wildman–Crippen LogP) is 4.76. The molecular weight excluding hydrogens is 364 g/mol. The number of rotatable bonds is 7. The highest BCUT2D eigenvalue weighted by atomic mass is 19.1. The Bertz CT molecular complexity index is 867. The first-order valence-corrected chi connectivity index (χ1v) is 9.47. The van der Waals surface area contributed by atoms with Crippen molar-refractivity contribution in [2.45, 2.75) is 32.2 Å². The summed E-state index contributed by atoms with van der Waals surface area (Å²) in [6, 6.07) is 6.14. The number of halogens is 2. The van der Waals surface area contributed by atoms with Crippen LogP contribution in [0.2, 0.25) is 0 Å². The van der Waals surface area contributed by atoms with Gasteiger partial charge in [0.25, 0.3) is 0 Å². The van der Waals surface area contributed by atoms with Gasteiger partial charge in [0.2, 0.25) is 0 Å². The van der Waals surface area contributed by atoms with Crippen LogP contribution in [0.3, 0.4) is 0 Å². The number of unbranched alkanes of at least 4 members (excludes halogenated alkanes) is 1. The topological polar surface area (TPSA) is 50.7 Å². The summed E-state index contributed by atoms with van der Waals surface area (Å²) in [6.07, 6.45) is 6.21. The lowest BCUT2D eigenvalue weighted by molar-refractivity contribution is 0.287. The van der Waals surface area contributed by atoms with Crippen LogP contribution in [0.1, 0.15) is 42.5 Å². The molecule has 0 fully saturated rings. The van der Waals surface area contributed by atoms with Crippen LogP contribution in [0.25, 0.3) is 6.08 Å². The van der Waals surface area contributed by atoms with Gasteiger partial charge in [0.05, 0.1) is 19.8 Å². The number of aromatic hydroxyl groups is 1. The molecule has 6 heteroatoms. The third kappa shape index (κ3) is 4.28. The second-order valence-electron chi connectivity index (χ2n) is 6.74. The molecule has 0 aliphatic carbocycles. The van der Waals surface area contributed by atoms with Crippen LogP contribution >= 0.6 is 0 Å². The Kier molecular flexibility index (Phi) is 6.52. The lowest BCUT2D eigenvalue weighted by Crippen LogP contribution is -2.28.